The number of aromatic nitrogens is 1. The standard InChI is InChI=1S/C15H20FN3S/c1-10(17-8-15-11(2)18-9-20-15)13-6-5-12(16)7-14(13)19(3)4/h5-7,9-10,17H,8H2,1-4H3. The highest BCUT2D eigenvalue weighted by atomic mass is 32.1. The smallest absolute Gasteiger partial charge is 0.125 e. The predicted molar refractivity (Wildman–Crippen MR) is 82.8 cm³/mol. The third-order valence-electron chi connectivity index (χ3n) is 3.35. The Morgan fingerprint density at radius 2 is 2.15 bits per heavy atom. The zero-order valence-corrected chi connectivity index (χ0v) is 13.1. The van der Waals surface area contributed by atoms with E-state index in [1.807, 2.05) is 37.5 Å². The van der Waals surface area contributed by atoms with Crippen molar-refractivity contribution in [2.24, 2.45) is 0 Å². The maximum Gasteiger partial charge on any atom is 0.125 e. The minimum atomic E-state index is -0.206. The van der Waals surface area contributed by atoms with Crippen LogP contribution in [0.25, 0.3) is 0 Å². The molecule has 0 saturated heterocycles. The first-order valence-corrected chi connectivity index (χ1v) is 7.46. The van der Waals surface area contributed by atoms with Gasteiger partial charge in [-0.2, -0.15) is 0 Å². The van der Waals surface area contributed by atoms with Crippen LogP contribution in [0.5, 0.6) is 0 Å². The Balaban J connectivity index is 2.13. The lowest BCUT2D eigenvalue weighted by Crippen LogP contribution is -2.21. The number of benzene rings is 1. The molecule has 0 aliphatic carbocycles. The number of nitrogens with zero attached hydrogens (tertiary/aromatic N) is 2. The molecule has 0 aliphatic heterocycles. The summed E-state index contributed by atoms with van der Waals surface area (Å²) in [7, 11) is 3.86. The molecule has 1 unspecified atom stereocenters. The average Bonchev–Trinajstić information content (AvgIpc) is 2.81. The lowest BCUT2D eigenvalue weighted by Gasteiger charge is -2.22. The van der Waals surface area contributed by atoms with Crippen LogP contribution in [0.3, 0.4) is 0 Å². The summed E-state index contributed by atoms with van der Waals surface area (Å²) in [5.41, 5.74) is 4.94. The molecular weight excluding hydrogens is 273 g/mol. The number of hydrogen-bond donors (Lipinski definition) is 1. The summed E-state index contributed by atoms with van der Waals surface area (Å²) in [6.07, 6.45) is 0. The maximum absolute atomic E-state index is 13.4. The van der Waals surface area contributed by atoms with Crippen LogP contribution in [-0.4, -0.2) is 19.1 Å². The molecule has 0 radical (unpaired) electrons. The van der Waals surface area contributed by atoms with Gasteiger partial charge < -0.3 is 10.2 Å². The van der Waals surface area contributed by atoms with E-state index >= 15 is 0 Å². The average molecular weight is 293 g/mol. The summed E-state index contributed by atoms with van der Waals surface area (Å²) >= 11 is 1.66. The van der Waals surface area contributed by atoms with Crippen LogP contribution < -0.4 is 10.2 Å². The number of halogens is 1. The van der Waals surface area contributed by atoms with Crippen molar-refractivity contribution in [2.45, 2.75) is 26.4 Å². The molecular formula is C15H20FN3S. The monoisotopic (exact) mass is 293 g/mol. The van der Waals surface area contributed by atoms with Gasteiger partial charge in [-0.15, -0.1) is 11.3 Å². The molecule has 0 bridgehead atoms. The molecule has 0 fully saturated rings. The fourth-order valence-electron chi connectivity index (χ4n) is 2.12. The minimum Gasteiger partial charge on any atom is -0.377 e. The van der Waals surface area contributed by atoms with Crippen molar-refractivity contribution in [3.63, 3.8) is 0 Å². The molecule has 1 aromatic carbocycles. The van der Waals surface area contributed by atoms with E-state index in [9.17, 15) is 4.39 Å². The third-order valence-corrected chi connectivity index (χ3v) is 4.29. The predicted octanol–water partition coefficient (Wildman–Crippen LogP) is 3.51. The first-order chi connectivity index (χ1) is 9.49. The Hall–Kier alpha value is -1.46. The first kappa shape index (κ1) is 14.9. The molecule has 5 heteroatoms. The molecule has 108 valence electrons. The van der Waals surface area contributed by atoms with Gasteiger partial charge in [0.05, 0.1) is 11.2 Å². The molecule has 3 nitrogen and oxygen atoms in total. The first-order valence-electron chi connectivity index (χ1n) is 6.58. The zero-order valence-electron chi connectivity index (χ0n) is 12.3. The number of nitrogens with one attached hydrogen (secondary N) is 1. The fourth-order valence-corrected chi connectivity index (χ4v) is 2.85. The van der Waals surface area contributed by atoms with Crippen molar-refractivity contribution in [1.82, 2.24) is 10.3 Å². The third kappa shape index (κ3) is 3.35. The highest BCUT2D eigenvalue weighted by Gasteiger charge is 2.13. The van der Waals surface area contributed by atoms with Crippen LogP contribution >= 0.6 is 11.3 Å². The molecule has 2 aromatic rings. The summed E-state index contributed by atoms with van der Waals surface area (Å²) in [5.74, 6) is -0.206. The molecule has 0 amide bonds. The molecule has 1 atom stereocenters. The Bertz CT molecular complexity index is 580. The van der Waals surface area contributed by atoms with Crippen molar-refractivity contribution >= 4 is 17.0 Å². The van der Waals surface area contributed by atoms with Crippen LogP contribution in [0.4, 0.5) is 10.1 Å². The van der Waals surface area contributed by atoms with Crippen LogP contribution in [0.1, 0.15) is 29.1 Å². The SMILES string of the molecule is Cc1ncsc1CNC(C)c1ccc(F)cc1N(C)C. The van der Waals surface area contributed by atoms with E-state index < -0.39 is 0 Å². The van der Waals surface area contributed by atoms with Crippen LogP contribution in [0.15, 0.2) is 23.7 Å². The summed E-state index contributed by atoms with van der Waals surface area (Å²) < 4.78 is 13.4. The van der Waals surface area contributed by atoms with Crippen molar-refractivity contribution < 1.29 is 4.39 Å². The van der Waals surface area contributed by atoms with Crippen LogP contribution in [0, 0.1) is 12.7 Å². The molecule has 20 heavy (non-hydrogen) atoms. The van der Waals surface area contributed by atoms with Gasteiger partial charge in [-0.05, 0) is 31.5 Å². The van der Waals surface area contributed by atoms with Gasteiger partial charge >= 0.3 is 0 Å². The molecule has 1 heterocycles. The van der Waals surface area contributed by atoms with Gasteiger partial charge in [0.15, 0.2) is 0 Å². The number of thiazole rings is 1. The highest BCUT2D eigenvalue weighted by molar-refractivity contribution is 7.09. The van der Waals surface area contributed by atoms with Crippen molar-refractivity contribution in [3.05, 3.63) is 45.7 Å². The van der Waals surface area contributed by atoms with Gasteiger partial charge in [-0.25, -0.2) is 9.37 Å². The van der Waals surface area contributed by atoms with E-state index in [1.165, 1.54) is 10.9 Å². The number of aryl methyl sites for hydroxylation is 1. The van der Waals surface area contributed by atoms with E-state index in [0.717, 1.165) is 23.5 Å². The summed E-state index contributed by atoms with van der Waals surface area (Å²) in [6, 6.07) is 5.08. The summed E-state index contributed by atoms with van der Waals surface area (Å²) in [6.45, 7) is 4.89. The van der Waals surface area contributed by atoms with E-state index in [2.05, 4.69) is 17.2 Å². The Morgan fingerprint density at radius 3 is 2.75 bits per heavy atom. The number of rotatable bonds is 5. The van der Waals surface area contributed by atoms with Gasteiger partial charge in [-0.1, -0.05) is 6.07 Å². The van der Waals surface area contributed by atoms with Gasteiger partial charge in [0, 0.05) is 37.2 Å². The quantitative estimate of drug-likeness (QED) is 0.914. The Kier molecular flexibility index (Phi) is 4.73. The topological polar surface area (TPSA) is 28.2 Å². The lowest BCUT2D eigenvalue weighted by molar-refractivity contribution is 0.573. The molecule has 0 spiro atoms. The minimum absolute atomic E-state index is 0.148. The normalized spacial score (nSPS) is 12.4. The van der Waals surface area contributed by atoms with Crippen LogP contribution in [0.2, 0.25) is 0 Å². The Morgan fingerprint density at radius 1 is 1.40 bits per heavy atom. The fraction of sp³-hybridized carbons (Fsp3) is 0.400. The maximum atomic E-state index is 13.4. The van der Waals surface area contributed by atoms with E-state index in [0.29, 0.717) is 0 Å². The van der Waals surface area contributed by atoms with Crippen molar-refractivity contribution in [2.75, 3.05) is 19.0 Å². The second kappa shape index (κ2) is 6.33. The second-order valence-electron chi connectivity index (χ2n) is 5.06. The second-order valence-corrected chi connectivity index (χ2v) is 6.00. The molecule has 0 aliphatic rings. The summed E-state index contributed by atoms with van der Waals surface area (Å²) in [4.78, 5) is 7.43. The van der Waals surface area contributed by atoms with Crippen LogP contribution in [-0.2, 0) is 6.54 Å². The molecule has 1 N–H and O–H groups in total. The lowest BCUT2D eigenvalue weighted by atomic mass is 10.1. The number of anilines is 1. The largest absolute Gasteiger partial charge is 0.377 e. The molecule has 2 rings (SSSR count). The van der Waals surface area contributed by atoms with Gasteiger partial charge in [0.25, 0.3) is 0 Å². The molecule has 0 saturated carbocycles. The van der Waals surface area contributed by atoms with E-state index in [1.54, 1.807) is 17.4 Å². The summed E-state index contributed by atoms with van der Waals surface area (Å²) in [5, 5.41) is 3.48. The van der Waals surface area contributed by atoms with Gasteiger partial charge in [0.1, 0.15) is 5.82 Å². The Labute approximate surface area is 123 Å². The van der Waals surface area contributed by atoms with Gasteiger partial charge in [0.2, 0.25) is 0 Å². The van der Waals surface area contributed by atoms with Crippen molar-refractivity contribution in [1.29, 1.82) is 0 Å². The van der Waals surface area contributed by atoms with Gasteiger partial charge in [-0.3, -0.25) is 0 Å². The number of hydrogen-bond acceptors (Lipinski definition) is 4. The van der Waals surface area contributed by atoms with E-state index in [4.69, 9.17) is 0 Å². The highest BCUT2D eigenvalue weighted by Crippen LogP contribution is 2.26. The van der Waals surface area contributed by atoms with Crippen molar-refractivity contribution in [3.8, 4) is 0 Å². The molecule has 1 aromatic heterocycles. The van der Waals surface area contributed by atoms with E-state index in [-0.39, 0.29) is 11.9 Å². The zero-order chi connectivity index (χ0) is 14.7.